The minimum Gasteiger partial charge on any atom is -0.350 e. The highest BCUT2D eigenvalue weighted by Gasteiger charge is 2.53. The summed E-state index contributed by atoms with van der Waals surface area (Å²) in [5.74, 6) is 0.890. The van der Waals surface area contributed by atoms with Gasteiger partial charge in [0.2, 0.25) is 0 Å². The molecule has 0 saturated heterocycles. The molecule has 3 nitrogen and oxygen atoms in total. The summed E-state index contributed by atoms with van der Waals surface area (Å²) < 4.78 is 0. The summed E-state index contributed by atoms with van der Waals surface area (Å²) in [5.41, 5.74) is 13.6. The van der Waals surface area contributed by atoms with Gasteiger partial charge in [0.05, 0.1) is 5.41 Å². The van der Waals surface area contributed by atoms with E-state index >= 15 is 0 Å². The quantitative estimate of drug-likeness (QED) is 0.201. The van der Waals surface area contributed by atoms with Crippen molar-refractivity contribution >= 4 is 16.6 Å². The van der Waals surface area contributed by atoms with Gasteiger partial charge in [-0.05, 0) is 72.5 Å². The molecule has 0 radical (unpaired) electrons. The second-order valence-electron chi connectivity index (χ2n) is 14.4. The lowest BCUT2D eigenvalue weighted by Crippen LogP contribution is -2.45. The lowest BCUT2D eigenvalue weighted by atomic mass is 9.55. The second kappa shape index (κ2) is 10.9. The van der Waals surface area contributed by atoms with Crippen LogP contribution in [0.25, 0.3) is 21.9 Å². The highest BCUT2D eigenvalue weighted by molar-refractivity contribution is 5.99. The molecule has 2 aliphatic carbocycles. The molecule has 0 aromatic heterocycles. The third-order valence-electron chi connectivity index (χ3n) is 11.4. The monoisotopic (exact) mass is 643 g/mol. The van der Waals surface area contributed by atoms with Gasteiger partial charge in [-0.2, -0.15) is 0 Å². The number of amidine groups is 1. The van der Waals surface area contributed by atoms with Crippen LogP contribution in [-0.4, -0.2) is 5.84 Å². The first kappa shape index (κ1) is 29.2. The van der Waals surface area contributed by atoms with E-state index in [0.29, 0.717) is 0 Å². The Hall–Kier alpha value is -5.77. The van der Waals surface area contributed by atoms with E-state index in [1.807, 2.05) is 0 Å². The number of aliphatic imine (C=N–C) groups is 1. The Morgan fingerprint density at radius 1 is 0.480 bits per heavy atom. The summed E-state index contributed by atoms with van der Waals surface area (Å²) >= 11 is 0. The number of hydrogen-bond donors (Lipinski definition) is 2. The first-order chi connectivity index (χ1) is 24.5. The Bertz CT molecular complexity index is 2440. The zero-order chi connectivity index (χ0) is 33.5. The fourth-order valence-corrected chi connectivity index (χ4v) is 9.08. The maximum absolute atomic E-state index is 5.37. The molecule has 2 N–H and O–H groups in total. The molecular formula is C47H37N3. The standard InChI is InChI=1S/C47H37N3/c1-46(2)38-20-10-12-22-40(38)47(41-23-13-11-21-39(41)46)37-19-9-8-18-35(37)36-27-26-34(29-42(36)47)45-49-43(31-15-4-3-5-16-31)48-44(50-45)33-25-24-30-14-6-7-17-32(30)28-33/h3-29,44-45,50H,1-2H3,(H,48,49). The van der Waals surface area contributed by atoms with E-state index in [4.69, 9.17) is 4.99 Å². The first-order valence-electron chi connectivity index (χ1n) is 17.6. The fraction of sp³-hybridized carbons (Fsp3) is 0.128. The molecule has 1 heterocycles. The van der Waals surface area contributed by atoms with E-state index in [1.54, 1.807) is 0 Å². The third kappa shape index (κ3) is 4.11. The molecule has 2 atom stereocenters. The van der Waals surface area contributed by atoms with Crippen molar-refractivity contribution in [2.75, 3.05) is 0 Å². The maximum Gasteiger partial charge on any atom is 0.131 e. The van der Waals surface area contributed by atoms with Crippen LogP contribution in [0.1, 0.15) is 76.3 Å². The Labute approximate surface area is 293 Å². The van der Waals surface area contributed by atoms with Crippen molar-refractivity contribution in [2.24, 2.45) is 4.99 Å². The Kier molecular flexibility index (Phi) is 6.34. The molecule has 7 aromatic rings. The van der Waals surface area contributed by atoms with E-state index in [1.165, 1.54) is 60.8 Å². The first-order valence-corrected chi connectivity index (χ1v) is 17.6. The Morgan fingerprint density at radius 2 is 1.06 bits per heavy atom. The predicted octanol–water partition coefficient (Wildman–Crippen LogP) is 10.2. The highest BCUT2D eigenvalue weighted by Crippen LogP contribution is 2.62. The van der Waals surface area contributed by atoms with Gasteiger partial charge in [-0.3, -0.25) is 5.32 Å². The second-order valence-corrected chi connectivity index (χ2v) is 14.4. The summed E-state index contributed by atoms with van der Waals surface area (Å²) in [6.45, 7) is 4.75. The molecule has 1 aliphatic heterocycles. The molecule has 10 rings (SSSR count). The van der Waals surface area contributed by atoms with Gasteiger partial charge in [-0.15, -0.1) is 0 Å². The molecular weight excluding hydrogens is 607 g/mol. The normalized spacial score (nSPS) is 19.1. The van der Waals surface area contributed by atoms with E-state index in [0.717, 1.165) is 17.0 Å². The Morgan fingerprint density at radius 3 is 1.80 bits per heavy atom. The van der Waals surface area contributed by atoms with Crippen LogP contribution in [0.3, 0.4) is 0 Å². The van der Waals surface area contributed by atoms with Crippen molar-refractivity contribution in [2.45, 2.75) is 37.0 Å². The number of benzene rings is 7. The molecule has 3 heteroatoms. The van der Waals surface area contributed by atoms with E-state index in [-0.39, 0.29) is 17.7 Å². The van der Waals surface area contributed by atoms with Crippen LogP contribution in [0.5, 0.6) is 0 Å². The summed E-state index contributed by atoms with van der Waals surface area (Å²) in [5, 5.41) is 10.1. The van der Waals surface area contributed by atoms with Crippen molar-refractivity contribution in [3.63, 3.8) is 0 Å². The summed E-state index contributed by atoms with van der Waals surface area (Å²) in [4.78, 5) is 5.37. The van der Waals surface area contributed by atoms with Crippen LogP contribution >= 0.6 is 0 Å². The molecule has 0 amide bonds. The van der Waals surface area contributed by atoms with E-state index in [9.17, 15) is 0 Å². The summed E-state index contributed by atoms with van der Waals surface area (Å²) in [7, 11) is 0. The summed E-state index contributed by atoms with van der Waals surface area (Å²) in [6.07, 6.45) is -0.395. The summed E-state index contributed by atoms with van der Waals surface area (Å²) in [6, 6.07) is 60.2. The lowest BCUT2D eigenvalue weighted by molar-refractivity contribution is 0.409. The predicted molar refractivity (Wildman–Crippen MR) is 205 cm³/mol. The lowest BCUT2D eigenvalue weighted by Gasteiger charge is -2.46. The minimum absolute atomic E-state index is 0.131. The van der Waals surface area contributed by atoms with Gasteiger partial charge >= 0.3 is 0 Å². The molecule has 0 saturated carbocycles. The van der Waals surface area contributed by atoms with Gasteiger partial charge in [0.25, 0.3) is 0 Å². The minimum atomic E-state index is -0.443. The molecule has 7 aromatic carbocycles. The van der Waals surface area contributed by atoms with Gasteiger partial charge in [0, 0.05) is 11.0 Å². The van der Waals surface area contributed by atoms with Gasteiger partial charge in [-0.1, -0.05) is 172 Å². The van der Waals surface area contributed by atoms with Crippen molar-refractivity contribution in [1.29, 1.82) is 0 Å². The van der Waals surface area contributed by atoms with Crippen molar-refractivity contribution < 1.29 is 0 Å². The van der Waals surface area contributed by atoms with Crippen LogP contribution in [0.2, 0.25) is 0 Å². The smallest absolute Gasteiger partial charge is 0.131 e. The highest BCUT2D eigenvalue weighted by atomic mass is 15.3. The number of hydrogen-bond acceptors (Lipinski definition) is 3. The third-order valence-corrected chi connectivity index (χ3v) is 11.4. The van der Waals surface area contributed by atoms with Gasteiger partial charge in [0.1, 0.15) is 18.2 Å². The molecule has 240 valence electrons. The molecule has 0 bridgehead atoms. The average molecular weight is 644 g/mol. The topological polar surface area (TPSA) is 36.4 Å². The molecule has 50 heavy (non-hydrogen) atoms. The van der Waals surface area contributed by atoms with Gasteiger partial charge in [-0.25, -0.2) is 4.99 Å². The van der Waals surface area contributed by atoms with Crippen LogP contribution in [0.4, 0.5) is 0 Å². The largest absolute Gasteiger partial charge is 0.350 e. The van der Waals surface area contributed by atoms with Gasteiger partial charge < -0.3 is 5.32 Å². The van der Waals surface area contributed by atoms with Crippen molar-refractivity contribution in [3.05, 3.63) is 214 Å². The van der Waals surface area contributed by atoms with Crippen molar-refractivity contribution in [3.8, 4) is 11.1 Å². The zero-order valence-corrected chi connectivity index (χ0v) is 28.2. The average Bonchev–Trinajstić information content (AvgIpc) is 3.47. The SMILES string of the molecule is CC1(C)c2ccccc2C2(c3ccccc3-c3ccc(C4N=C(c5ccccc5)NC(c5ccc6ccccc6c5)N4)cc32)c2ccccc21. The maximum atomic E-state index is 5.37. The Balaban J connectivity index is 1.19. The molecule has 0 fully saturated rings. The van der Waals surface area contributed by atoms with Crippen LogP contribution in [0, 0.1) is 0 Å². The van der Waals surface area contributed by atoms with Crippen molar-refractivity contribution in [1.82, 2.24) is 10.6 Å². The molecule has 1 spiro atoms. The molecule has 2 unspecified atom stereocenters. The number of nitrogens with zero attached hydrogens (tertiary/aromatic N) is 1. The number of fused-ring (bicyclic) bond motifs is 10. The van der Waals surface area contributed by atoms with E-state index in [2.05, 4.69) is 188 Å². The number of nitrogens with one attached hydrogen (secondary N) is 2. The van der Waals surface area contributed by atoms with Gasteiger partial charge in [0.15, 0.2) is 0 Å². The van der Waals surface area contributed by atoms with Crippen LogP contribution in [-0.2, 0) is 10.8 Å². The van der Waals surface area contributed by atoms with Crippen LogP contribution in [0.15, 0.2) is 169 Å². The number of rotatable bonds is 3. The molecule has 3 aliphatic rings. The fourth-order valence-electron chi connectivity index (χ4n) is 9.08. The zero-order valence-electron chi connectivity index (χ0n) is 28.2. The van der Waals surface area contributed by atoms with Crippen LogP contribution < -0.4 is 10.6 Å². The van der Waals surface area contributed by atoms with E-state index < -0.39 is 5.41 Å².